The Hall–Kier alpha value is -0.500. The molecule has 0 N–H and O–H groups in total. The summed E-state index contributed by atoms with van der Waals surface area (Å²) in [5.74, 6) is 0.476. The minimum atomic E-state index is 0.476. The fourth-order valence-corrected chi connectivity index (χ4v) is 0.425. The largest absolute Gasteiger partial charge is 0.364 e. The van der Waals surface area contributed by atoms with Crippen molar-refractivity contribution in [1.29, 1.82) is 0 Å². The van der Waals surface area contributed by atoms with Gasteiger partial charge in [-0.1, -0.05) is 5.16 Å². The van der Waals surface area contributed by atoms with Gasteiger partial charge in [0.15, 0.2) is 0 Å². The van der Waals surface area contributed by atoms with Crippen LogP contribution in [0.25, 0.3) is 0 Å². The molecule has 1 aromatic rings. The van der Waals surface area contributed by atoms with Crippen molar-refractivity contribution in [3.8, 4) is 0 Å². The third-order valence-corrected chi connectivity index (χ3v) is 0.946. The Labute approximate surface area is 46.1 Å². The fourth-order valence-electron chi connectivity index (χ4n) is 0.293. The molecule has 0 aliphatic heterocycles. The SMILES string of the molecule is ClCc1cnoc1. The van der Waals surface area contributed by atoms with Gasteiger partial charge in [0.1, 0.15) is 6.26 Å². The van der Waals surface area contributed by atoms with Crippen molar-refractivity contribution in [2.45, 2.75) is 5.88 Å². The Morgan fingerprint density at radius 1 is 1.86 bits per heavy atom. The van der Waals surface area contributed by atoms with Crippen molar-refractivity contribution in [3.63, 3.8) is 0 Å². The molecule has 0 bridgehead atoms. The zero-order valence-electron chi connectivity index (χ0n) is 3.60. The van der Waals surface area contributed by atoms with E-state index in [1.165, 1.54) is 6.26 Å². The van der Waals surface area contributed by atoms with E-state index in [0.717, 1.165) is 5.56 Å². The Balaban J connectivity index is 2.76. The van der Waals surface area contributed by atoms with Gasteiger partial charge in [0.25, 0.3) is 0 Å². The molecule has 0 atom stereocenters. The van der Waals surface area contributed by atoms with E-state index < -0.39 is 0 Å². The molecule has 7 heavy (non-hydrogen) atoms. The lowest BCUT2D eigenvalue weighted by Gasteiger charge is -1.72. The molecule has 1 rings (SSSR count). The standard InChI is InChI=1S/C4H4ClNO/c5-1-4-2-6-7-3-4/h2-3H,1H2. The lowest BCUT2D eigenvalue weighted by atomic mass is 10.4. The van der Waals surface area contributed by atoms with Crippen LogP contribution >= 0.6 is 11.6 Å². The van der Waals surface area contributed by atoms with E-state index in [2.05, 4.69) is 9.68 Å². The van der Waals surface area contributed by atoms with Crippen LogP contribution in [0.3, 0.4) is 0 Å². The van der Waals surface area contributed by atoms with Crippen LogP contribution in [0.5, 0.6) is 0 Å². The average molecular weight is 118 g/mol. The molecule has 0 saturated carbocycles. The maximum Gasteiger partial charge on any atom is 0.128 e. The smallest absolute Gasteiger partial charge is 0.128 e. The van der Waals surface area contributed by atoms with E-state index in [0.29, 0.717) is 5.88 Å². The molecule has 3 heteroatoms. The fraction of sp³-hybridized carbons (Fsp3) is 0.250. The van der Waals surface area contributed by atoms with Gasteiger partial charge in [-0.3, -0.25) is 0 Å². The number of rotatable bonds is 1. The zero-order valence-corrected chi connectivity index (χ0v) is 4.35. The molecule has 38 valence electrons. The highest BCUT2D eigenvalue weighted by Crippen LogP contribution is 1.98. The number of alkyl halides is 1. The number of nitrogens with zero attached hydrogens (tertiary/aromatic N) is 1. The number of halogens is 1. The second-order valence-corrected chi connectivity index (χ2v) is 1.43. The van der Waals surface area contributed by atoms with Gasteiger partial charge >= 0.3 is 0 Å². The normalized spacial score (nSPS) is 9.29. The molecule has 0 spiro atoms. The molecule has 0 aliphatic carbocycles. The maximum absolute atomic E-state index is 5.37. The third-order valence-electron chi connectivity index (χ3n) is 0.638. The summed E-state index contributed by atoms with van der Waals surface area (Å²) < 4.78 is 4.47. The molecule has 0 unspecified atom stereocenters. The highest BCUT2D eigenvalue weighted by atomic mass is 35.5. The monoisotopic (exact) mass is 117 g/mol. The summed E-state index contributed by atoms with van der Waals surface area (Å²) in [7, 11) is 0. The lowest BCUT2D eigenvalue weighted by Crippen LogP contribution is -1.63. The summed E-state index contributed by atoms with van der Waals surface area (Å²) in [5.41, 5.74) is 0.918. The van der Waals surface area contributed by atoms with Crippen LogP contribution in [0.15, 0.2) is 17.0 Å². The number of aromatic nitrogens is 1. The van der Waals surface area contributed by atoms with Crippen molar-refractivity contribution in [2.24, 2.45) is 0 Å². The summed E-state index contributed by atoms with van der Waals surface area (Å²) in [6, 6.07) is 0. The second-order valence-electron chi connectivity index (χ2n) is 1.17. The average Bonchev–Trinajstić information content (AvgIpc) is 2.14. The molecule has 0 fully saturated rings. The van der Waals surface area contributed by atoms with Crippen LogP contribution in [0.4, 0.5) is 0 Å². The number of hydrogen-bond acceptors (Lipinski definition) is 2. The van der Waals surface area contributed by atoms with Gasteiger partial charge in [0.05, 0.1) is 12.1 Å². The topological polar surface area (TPSA) is 26.0 Å². The Morgan fingerprint density at radius 3 is 3.00 bits per heavy atom. The van der Waals surface area contributed by atoms with Crippen LogP contribution in [0.1, 0.15) is 5.56 Å². The molecule has 1 aromatic heterocycles. The van der Waals surface area contributed by atoms with Crippen LogP contribution in [-0.2, 0) is 5.88 Å². The van der Waals surface area contributed by atoms with E-state index >= 15 is 0 Å². The first-order valence-electron chi connectivity index (χ1n) is 1.87. The Bertz CT molecular complexity index is 126. The maximum atomic E-state index is 5.37. The summed E-state index contributed by atoms with van der Waals surface area (Å²) in [5, 5.41) is 3.43. The van der Waals surface area contributed by atoms with E-state index in [1.807, 2.05) is 0 Å². The summed E-state index contributed by atoms with van der Waals surface area (Å²) >= 11 is 5.37. The molecule has 1 heterocycles. The van der Waals surface area contributed by atoms with Crippen LogP contribution in [-0.4, -0.2) is 5.16 Å². The molecular weight excluding hydrogens is 114 g/mol. The molecule has 0 aromatic carbocycles. The minimum absolute atomic E-state index is 0.476. The highest BCUT2D eigenvalue weighted by molar-refractivity contribution is 6.16. The minimum Gasteiger partial charge on any atom is -0.364 e. The van der Waals surface area contributed by atoms with E-state index in [9.17, 15) is 0 Å². The van der Waals surface area contributed by atoms with E-state index in [4.69, 9.17) is 11.6 Å². The van der Waals surface area contributed by atoms with Crippen molar-refractivity contribution >= 4 is 11.6 Å². The predicted octanol–water partition coefficient (Wildman–Crippen LogP) is 1.41. The van der Waals surface area contributed by atoms with Crippen LogP contribution < -0.4 is 0 Å². The van der Waals surface area contributed by atoms with Crippen molar-refractivity contribution in [1.82, 2.24) is 5.16 Å². The van der Waals surface area contributed by atoms with Gasteiger partial charge in [0, 0.05) is 5.56 Å². The van der Waals surface area contributed by atoms with Crippen molar-refractivity contribution in [2.75, 3.05) is 0 Å². The first-order chi connectivity index (χ1) is 3.43. The van der Waals surface area contributed by atoms with Crippen molar-refractivity contribution in [3.05, 3.63) is 18.0 Å². The lowest BCUT2D eigenvalue weighted by molar-refractivity contribution is 0.419. The first-order valence-corrected chi connectivity index (χ1v) is 2.41. The Morgan fingerprint density at radius 2 is 2.71 bits per heavy atom. The van der Waals surface area contributed by atoms with Gasteiger partial charge in [0.2, 0.25) is 0 Å². The van der Waals surface area contributed by atoms with Gasteiger partial charge in [-0.25, -0.2) is 0 Å². The van der Waals surface area contributed by atoms with Gasteiger partial charge in [-0.05, 0) is 0 Å². The zero-order chi connectivity index (χ0) is 5.11. The van der Waals surface area contributed by atoms with Crippen LogP contribution in [0, 0.1) is 0 Å². The van der Waals surface area contributed by atoms with Crippen molar-refractivity contribution < 1.29 is 4.52 Å². The first kappa shape index (κ1) is 4.65. The van der Waals surface area contributed by atoms with Gasteiger partial charge in [-0.15, -0.1) is 11.6 Å². The van der Waals surface area contributed by atoms with Crippen LogP contribution in [0.2, 0.25) is 0 Å². The van der Waals surface area contributed by atoms with E-state index in [1.54, 1.807) is 6.20 Å². The molecule has 0 radical (unpaired) electrons. The molecule has 0 amide bonds. The highest BCUT2D eigenvalue weighted by Gasteiger charge is 1.87. The molecule has 0 saturated heterocycles. The summed E-state index contributed by atoms with van der Waals surface area (Å²) in [6.07, 6.45) is 3.11. The Kier molecular flexibility index (Phi) is 1.32. The quantitative estimate of drug-likeness (QED) is 0.520. The molecule has 0 aliphatic rings. The predicted molar refractivity (Wildman–Crippen MR) is 26.1 cm³/mol. The van der Waals surface area contributed by atoms with Gasteiger partial charge < -0.3 is 4.52 Å². The third kappa shape index (κ3) is 0.933. The number of hydrogen-bond donors (Lipinski definition) is 0. The summed E-state index contributed by atoms with van der Waals surface area (Å²) in [4.78, 5) is 0. The van der Waals surface area contributed by atoms with E-state index in [-0.39, 0.29) is 0 Å². The van der Waals surface area contributed by atoms with Gasteiger partial charge in [-0.2, -0.15) is 0 Å². The molecular formula is C4H4ClNO. The second kappa shape index (κ2) is 1.98. The summed E-state index contributed by atoms with van der Waals surface area (Å²) in [6.45, 7) is 0. The molecule has 2 nitrogen and oxygen atoms in total.